The fourth-order valence-corrected chi connectivity index (χ4v) is 2.33. The fraction of sp³-hybridized carbons (Fsp3) is 0.0556. The van der Waals surface area contributed by atoms with E-state index in [1.165, 1.54) is 6.08 Å². The van der Waals surface area contributed by atoms with Crippen molar-refractivity contribution >= 4 is 29.2 Å². The molecule has 3 aromatic rings. The van der Waals surface area contributed by atoms with E-state index in [1.807, 2.05) is 0 Å². The topological polar surface area (TPSA) is 63.1 Å². The summed E-state index contributed by atoms with van der Waals surface area (Å²) in [6.07, 6.45) is -2.12. The minimum absolute atomic E-state index is 0.134. The molecule has 0 saturated heterocycles. The van der Waals surface area contributed by atoms with Crippen LogP contribution >= 0.6 is 0 Å². The van der Waals surface area contributed by atoms with Crippen molar-refractivity contribution in [1.29, 1.82) is 0 Å². The summed E-state index contributed by atoms with van der Waals surface area (Å²) in [5.41, 5.74) is -2.48. The van der Waals surface area contributed by atoms with Gasteiger partial charge < -0.3 is 5.11 Å². The molecule has 0 aliphatic rings. The number of fused-ring (bicyclic) bond motifs is 1. The van der Waals surface area contributed by atoms with E-state index in [0.29, 0.717) is 6.07 Å². The van der Waals surface area contributed by atoms with Gasteiger partial charge in [0, 0.05) is 5.39 Å². The zero-order valence-corrected chi connectivity index (χ0v) is 13.0. The first-order valence-corrected chi connectivity index (χ1v) is 7.30. The molecule has 132 valence electrons. The van der Waals surface area contributed by atoms with Crippen molar-refractivity contribution in [2.24, 2.45) is 0 Å². The zero-order valence-electron chi connectivity index (χ0n) is 13.0. The molecule has 0 unspecified atom stereocenters. The van der Waals surface area contributed by atoms with Gasteiger partial charge in [0.2, 0.25) is 0 Å². The van der Waals surface area contributed by atoms with Gasteiger partial charge in [-0.2, -0.15) is 13.2 Å². The second-order valence-electron chi connectivity index (χ2n) is 5.33. The Morgan fingerprint density at radius 3 is 2.35 bits per heavy atom. The Morgan fingerprint density at radius 1 is 1.04 bits per heavy atom. The summed E-state index contributed by atoms with van der Waals surface area (Å²) < 4.78 is 53.3. The molecule has 3 rings (SSSR count). The third-order valence-corrected chi connectivity index (χ3v) is 3.52. The van der Waals surface area contributed by atoms with Gasteiger partial charge in [-0.3, -0.25) is 0 Å². The third-order valence-electron chi connectivity index (χ3n) is 3.52. The summed E-state index contributed by atoms with van der Waals surface area (Å²) in [6.45, 7) is 0. The van der Waals surface area contributed by atoms with Gasteiger partial charge >= 0.3 is 12.1 Å². The summed E-state index contributed by atoms with van der Waals surface area (Å²) in [5, 5.41) is 8.82. The van der Waals surface area contributed by atoms with Gasteiger partial charge in [0.15, 0.2) is 11.3 Å². The van der Waals surface area contributed by atoms with Gasteiger partial charge in [-0.05, 0) is 23.8 Å². The Bertz CT molecular complexity index is 1020. The fourth-order valence-electron chi connectivity index (χ4n) is 2.33. The molecule has 1 N–H and O–H groups in total. The smallest absolute Gasteiger partial charge is 0.434 e. The van der Waals surface area contributed by atoms with Crippen LogP contribution in [0.25, 0.3) is 23.2 Å². The second kappa shape index (κ2) is 6.55. The first-order chi connectivity index (χ1) is 12.3. The molecule has 0 amide bonds. The SMILES string of the molecule is O=C(O)c1cc2cc(F)c(C=Cc3ccccc3)nc2nc1C(F)(F)F. The number of hydrogen-bond donors (Lipinski definition) is 1. The summed E-state index contributed by atoms with van der Waals surface area (Å²) in [7, 11) is 0. The highest BCUT2D eigenvalue weighted by molar-refractivity contribution is 5.93. The highest BCUT2D eigenvalue weighted by Crippen LogP contribution is 2.32. The number of rotatable bonds is 3. The summed E-state index contributed by atoms with van der Waals surface area (Å²) in [6, 6.07) is 10.5. The predicted octanol–water partition coefficient (Wildman–Crippen LogP) is 4.66. The molecule has 1 aromatic carbocycles. The number of pyridine rings is 2. The van der Waals surface area contributed by atoms with Gasteiger partial charge in [0.1, 0.15) is 11.5 Å². The van der Waals surface area contributed by atoms with Crippen LogP contribution < -0.4 is 0 Å². The van der Waals surface area contributed by atoms with E-state index in [9.17, 15) is 22.4 Å². The van der Waals surface area contributed by atoms with E-state index in [0.717, 1.165) is 11.6 Å². The Hall–Kier alpha value is -3.29. The van der Waals surface area contributed by atoms with E-state index in [2.05, 4.69) is 9.97 Å². The third kappa shape index (κ3) is 3.53. The van der Waals surface area contributed by atoms with Gasteiger partial charge in [0.05, 0.1) is 5.56 Å². The van der Waals surface area contributed by atoms with Gasteiger partial charge in [0.25, 0.3) is 0 Å². The van der Waals surface area contributed by atoms with E-state index < -0.39 is 34.9 Å². The Balaban J connectivity index is 2.14. The summed E-state index contributed by atoms with van der Waals surface area (Å²) in [5.74, 6) is -2.61. The van der Waals surface area contributed by atoms with Gasteiger partial charge in [-0.25, -0.2) is 19.2 Å². The van der Waals surface area contributed by atoms with E-state index in [4.69, 9.17) is 5.11 Å². The molecule has 8 heteroatoms. The maximum absolute atomic E-state index is 14.2. The Labute approximate surface area is 144 Å². The van der Waals surface area contributed by atoms with Gasteiger partial charge in [-0.1, -0.05) is 36.4 Å². The van der Waals surface area contributed by atoms with Crippen molar-refractivity contribution in [2.75, 3.05) is 0 Å². The lowest BCUT2D eigenvalue weighted by molar-refractivity contribution is -0.141. The number of halogens is 4. The number of aromatic nitrogens is 2. The molecule has 0 atom stereocenters. The lowest BCUT2D eigenvalue weighted by Gasteiger charge is -2.10. The number of carbonyl (C=O) groups is 1. The highest BCUT2D eigenvalue weighted by atomic mass is 19.4. The van der Waals surface area contributed by atoms with Crippen molar-refractivity contribution in [3.8, 4) is 0 Å². The van der Waals surface area contributed by atoms with Crippen molar-refractivity contribution in [2.45, 2.75) is 6.18 Å². The predicted molar refractivity (Wildman–Crippen MR) is 86.8 cm³/mol. The average Bonchev–Trinajstić information content (AvgIpc) is 2.59. The number of carboxylic acid groups (broad SMARTS) is 1. The first-order valence-electron chi connectivity index (χ1n) is 7.30. The van der Waals surface area contributed by atoms with Crippen molar-refractivity contribution in [3.05, 3.63) is 70.8 Å². The molecule has 0 radical (unpaired) electrons. The van der Waals surface area contributed by atoms with Crippen LogP contribution in [0.2, 0.25) is 0 Å². The molecule has 0 spiro atoms. The monoisotopic (exact) mass is 362 g/mol. The lowest BCUT2D eigenvalue weighted by Crippen LogP contribution is -2.16. The standard InChI is InChI=1S/C18H10F4N2O2/c19-13-9-11-8-12(17(25)26)15(18(20,21)22)24-16(11)23-14(13)7-6-10-4-2-1-3-5-10/h1-9H,(H,25,26). The minimum atomic E-state index is -4.97. The molecule has 2 aromatic heterocycles. The summed E-state index contributed by atoms with van der Waals surface area (Å²) in [4.78, 5) is 18.2. The quantitative estimate of drug-likeness (QED) is 0.689. The van der Waals surface area contributed by atoms with Crippen molar-refractivity contribution in [1.82, 2.24) is 9.97 Å². The number of hydrogen-bond acceptors (Lipinski definition) is 3. The number of aromatic carboxylic acids is 1. The van der Waals surface area contributed by atoms with Crippen LogP contribution in [0.15, 0.2) is 42.5 Å². The number of alkyl halides is 3. The zero-order chi connectivity index (χ0) is 18.9. The molecule has 0 saturated carbocycles. The molecule has 0 bridgehead atoms. The largest absolute Gasteiger partial charge is 0.478 e. The van der Waals surface area contributed by atoms with E-state index in [1.54, 1.807) is 36.4 Å². The number of nitrogens with zero attached hydrogens (tertiary/aromatic N) is 2. The molecular weight excluding hydrogens is 352 g/mol. The van der Waals surface area contributed by atoms with Crippen molar-refractivity contribution in [3.63, 3.8) is 0 Å². The lowest BCUT2D eigenvalue weighted by atomic mass is 10.1. The highest BCUT2D eigenvalue weighted by Gasteiger charge is 2.38. The van der Waals surface area contributed by atoms with Crippen LogP contribution in [0.5, 0.6) is 0 Å². The first kappa shape index (κ1) is 17.5. The molecule has 0 aliphatic carbocycles. The second-order valence-corrected chi connectivity index (χ2v) is 5.33. The molecule has 2 heterocycles. The molecule has 4 nitrogen and oxygen atoms in total. The average molecular weight is 362 g/mol. The number of carboxylic acids is 1. The molecule has 0 fully saturated rings. The van der Waals surface area contributed by atoms with Gasteiger partial charge in [-0.15, -0.1) is 0 Å². The van der Waals surface area contributed by atoms with E-state index in [-0.39, 0.29) is 11.1 Å². The van der Waals surface area contributed by atoms with Crippen LogP contribution in [-0.4, -0.2) is 21.0 Å². The van der Waals surface area contributed by atoms with Crippen LogP contribution in [0.1, 0.15) is 27.3 Å². The maximum atomic E-state index is 14.2. The Kier molecular flexibility index (Phi) is 4.41. The van der Waals surface area contributed by atoms with Crippen LogP contribution in [0.4, 0.5) is 17.6 Å². The molecule has 0 aliphatic heterocycles. The summed E-state index contributed by atoms with van der Waals surface area (Å²) >= 11 is 0. The van der Waals surface area contributed by atoms with Crippen LogP contribution in [0.3, 0.4) is 0 Å². The van der Waals surface area contributed by atoms with Crippen LogP contribution in [-0.2, 0) is 6.18 Å². The normalized spacial score (nSPS) is 12.0. The maximum Gasteiger partial charge on any atom is 0.434 e. The van der Waals surface area contributed by atoms with Crippen LogP contribution in [0, 0.1) is 5.82 Å². The minimum Gasteiger partial charge on any atom is -0.478 e. The molecule has 26 heavy (non-hydrogen) atoms. The number of benzene rings is 1. The van der Waals surface area contributed by atoms with E-state index >= 15 is 0 Å². The Morgan fingerprint density at radius 2 is 1.73 bits per heavy atom. The van der Waals surface area contributed by atoms with Crippen molar-refractivity contribution < 1.29 is 27.5 Å². The molecular formula is C18H10F4N2O2.